The van der Waals surface area contributed by atoms with Crippen molar-refractivity contribution < 1.29 is 19.1 Å². The largest absolute Gasteiger partial charge is 0.497 e. The zero-order valence-electron chi connectivity index (χ0n) is 17.3. The molecule has 6 nitrogen and oxygen atoms in total. The van der Waals surface area contributed by atoms with Crippen LogP contribution in [0.3, 0.4) is 0 Å². The molecule has 1 N–H and O–H groups in total. The fourth-order valence-electron chi connectivity index (χ4n) is 4.79. The molecule has 2 aromatic rings. The van der Waals surface area contributed by atoms with Crippen LogP contribution in [0.5, 0.6) is 17.2 Å². The van der Waals surface area contributed by atoms with Crippen molar-refractivity contribution in [3.63, 3.8) is 0 Å². The Balaban J connectivity index is 1.57. The highest BCUT2D eigenvalue weighted by atomic mass is 16.5. The van der Waals surface area contributed by atoms with Crippen molar-refractivity contribution in [2.75, 3.05) is 34.4 Å². The first kappa shape index (κ1) is 18.3. The molecule has 0 aromatic heterocycles. The van der Waals surface area contributed by atoms with E-state index >= 15 is 0 Å². The summed E-state index contributed by atoms with van der Waals surface area (Å²) >= 11 is 0. The summed E-state index contributed by atoms with van der Waals surface area (Å²) in [6.07, 6.45) is 2.76. The molecule has 1 atom stereocenters. The summed E-state index contributed by atoms with van der Waals surface area (Å²) in [7, 11) is 5.65. The van der Waals surface area contributed by atoms with Gasteiger partial charge in [-0.1, -0.05) is 12.1 Å². The van der Waals surface area contributed by atoms with E-state index in [1.807, 2.05) is 24.3 Å². The van der Waals surface area contributed by atoms with E-state index in [-0.39, 0.29) is 6.04 Å². The van der Waals surface area contributed by atoms with Gasteiger partial charge < -0.3 is 19.1 Å². The first-order valence-corrected chi connectivity index (χ1v) is 10.3. The Morgan fingerprint density at radius 2 is 1.83 bits per heavy atom. The van der Waals surface area contributed by atoms with Crippen LogP contribution in [-0.4, -0.2) is 50.8 Å². The number of ether oxygens (including phenoxy) is 3. The van der Waals surface area contributed by atoms with Crippen LogP contribution in [0, 0.1) is 0 Å². The van der Waals surface area contributed by atoms with Gasteiger partial charge in [0.15, 0.2) is 11.5 Å². The average molecular weight is 394 g/mol. The minimum atomic E-state index is -0.403. The standard InChI is InChI=1S/C23H27N3O3/c1-25-13-11-23(12-14-25)26-20(18-5-4-6-21(28-3)22(18)29-23)15-19(24-26)16-7-9-17(27-2)10-8-16/h4-10,20H,11-15H2,1-3H3/p+1/t20-/m1/s1. The smallest absolute Gasteiger partial charge is 0.209 e. The number of hydrogen-bond donors (Lipinski definition) is 1. The Labute approximate surface area is 171 Å². The number of piperidine rings is 1. The van der Waals surface area contributed by atoms with Gasteiger partial charge in [0.05, 0.1) is 59.0 Å². The van der Waals surface area contributed by atoms with Crippen molar-refractivity contribution in [1.82, 2.24) is 5.01 Å². The van der Waals surface area contributed by atoms with Crippen molar-refractivity contribution in [2.24, 2.45) is 5.10 Å². The summed E-state index contributed by atoms with van der Waals surface area (Å²) in [4.78, 5) is 1.54. The fraction of sp³-hybridized carbons (Fsp3) is 0.435. The average Bonchev–Trinajstić information content (AvgIpc) is 3.22. The van der Waals surface area contributed by atoms with E-state index in [0.29, 0.717) is 0 Å². The summed E-state index contributed by atoms with van der Waals surface area (Å²) in [5, 5.41) is 7.38. The molecule has 2 aromatic carbocycles. The number of quaternary nitrogens is 1. The molecule has 0 amide bonds. The zero-order valence-corrected chi connectivity index (χ0v) is 17.3. The van der Waals surface area contributed by atoms with Gasteiger partial charge in [-0.15, -0.1) is 0 Å². The molecule has 3 heterocycles. The highest BCUT2D eigenvalue weighted by Gasteiger charge is 2.53. The lowest BCUT2D eigenvalue weighted by Gasteiger charge is -2.49. The van der Waals surface area contributed by atoms with Crippen LogP contribution in [0.4, 0.5) is 0 Å². The number of nitrogens with one attached hydrogen (secondary N) is 1. The molecule has 0 bridgehead atoms. The Hall–Kier alpha value is -2.73. The van der Waals surface area contributed by atoms with Gasteiger partial charge in [-0.25, -0.2) is 5.01 Å². The highest BCUT2D eigenvalue weighted by molar-refractivity contribution is 6.02. The van der Waals surface area contributed by atoms with Crippen LogP contribution in [0.2, 0.25) is 0 Å². The lowest BCUT2D eigenvalue weighted by Crippen LogP contribution is -3.11. The zero-order chi connectivity index (χ0) is 20.0. The third-order valence-electron chi connectivity index (χ3n) is 6.52. The predicted molar refractivity (Wildman–Crippen MR) is 111 cm³/mol. The number of fused-ring (bicyclic) bond motifs is 4. The number of rotatable bonds is 3. The van der Waals surface area contributed by atoms with Gasteiger partial charge in [-0.3, -0.25) is 0 Å². The molecule has 1 fully saturated rings. The van der Waals surface area contributed by atoms with Crippen molar-refractivity contribution in [2.45, 2.75) is 31.0 Å². The Morgan fingerprint density at radius 1 is 1.07 bits per heavy atom. The van der Waals surface area contributed by atoms with Crippen LogP contribution in [0.1, 0.15) is 36.4 Å². The van der Waals surface area contributed by atoms with E-state index < -0.39 is 5.72 Å². The molecule has 0 unspecified atom stereocenters. The third-order valence-corrected chi connectivity index (χ3v) is 6.52. The molecular weight excluding hydrogens is 366 g/mol. The van der Waals surface area contributed by atoms with Gasteiger partial charge in [-0.2, -0.15) is 5.10 Å². The van der Waals surface area contributed by atoms with Crippen LogP contribution in [0.25, 0.3) is 0 Å². The van der Waals surface area contributed by atoms with Gasteiger partial charge in [0.25, 0.3) is 0 Å². The SMILES string of the molecule is COc1ccc(C2=NN3[C@H](C2)c2cccc(OC)c2OC32CC[NH+](C)CC2)cc1. The van der Waals surface area contributed by atoms with Gasteiger partial charge in [0.2, 0.25) is 5.72 Å². The molecule has 0 saturated carbocycles. The molecular formula is C23H28N3O3+. The molecule has 1 saturated heterocycles. The third kappa shape index (κ3) is 2.94. The molecule has 0 radical (unpaired) electrons. The van der Waals surface area contributed by atoms with Gasteiger partial charge in [0.1, 0.15) is 5.75 Å². The molecule has 0 aliphatic carbocycles. The van der Waals surface area contributed by atoms with Crippen LogP contribution in [-0.2, 0) is 0 Å². The van der Waals surface area contributed by atoms with E-state index in [4.69, 9.17) is 19.3 Å². The van der Waals surface area contributed by atoms with E-state index in [1.54, 1.807) is 19.1 Å². The van der Waals surface area contributed by atoms with Crippen LogP contribution >= 0.6 is 0 Å². The van der Waals surface area contributed by atoms with Crippen molar-refractivity contribution in [3.05, 3.63) is 53.6 Å². The number of likely N-dealkylation sites (tertiary alicyclic amines) is 1. The number of nitrogens with zero attached hydrogens (tertiary/aromatic N) is 2. The topological polar surface area (TPSA) is 47.7 Å². The first-order valence-electron chi connectivity index (χ1n) is 10.3. The molecule has 29 heavy (non-hydrogen) atoms. The number of hydrazone groups is 1. The van der Waals surface area contributed by atoms with Gasteiger partial charge in [0, 0.05) is 12.0 Å². The molecule has 3 aliphatic rings. The first-order chi connectivity index (χ1) is 14.1. The maximum Gasteiger partial charge on any atom is 0.209 e. The number of benzene rings is 2. The minimum absolute atomic E-state index is 0.171. The molecule has 6 heteroatoms. The van der Waals surface area contributed by atoms with Crippen molar-refractivity contribution in [1.29, 1.82) is 0 Å². The predicted octanol–water partition coefficient (Wildman–Crippen LogP) is 2.25. The number of methoxy groups -OCH3 is 2. The van der Waals surface area contributed by atoms with E-state index in [2.05, 4.69) is 30.3 Å². The van der Waals surface area contributed by atoms with E-state index in [0.717, 1.165) is 66.4 Å². The van der Waals surface area contributed by atoms with E-state index in [9.17, 15) is 0 Å². The van der Waals surface area contributed by atoms with Crippen LogP contribution in [0.15, 0.2) is 47.6 Å². The summed E-state index contributed by atoms with van der Waals surface area (Å²) in [5.74, 6) is 2.56. The lowest BCUT2D eigenvalue weighted by atomic mass is 9.90. The summed E-state index contributed by atoms with van der Waals surface area (Å²) in [6, 6.07) is 14.5. The van der Waals surface area contributed by atoms with Crippen molar-refractivity contribution >= 4 is 5.71 Å². The second-order valence-corrected chi connectivity index (χ2v) is 8.22. The van der Waals surface area contributed by atoms with Gasteiger partial charge >= 0.3 is 0 Å². The highest BCUT2D eigenvalue weighted by Crippen LogP contribution is 2.52. The number of para-hydroxylation sites is 1. The molecule has 3 aliphatic heterocycles. The second-order valence-electron chi connectivity index (χ2n) is 8.22. The summed E-state index contributed by atoms with van der Waals surface area (Å²) < 4.78 is 17.7. The van der Waals surface area contributed by atoms with Gasteiger partial charge in [-0.05, 0) is 35.9 Å². The Bertz CT molecular complexity index is 933. The number of hydrogen-bond acceptors (Lipinski definition) is 5. The van der Waals surface area contributed by atoms with Crippen LogP contribution < -0.4 is 19.1 Å². The maximum absolute atomic E-state index is 6.73. The summed E-state index contributed by atoms with van der Waals surface area (Å²) in [6.45, 7) is 2.14. The van der Waals surface area contributed by atoms with Crippen molar-refractivity contribution in [3.8, 4) is 17.2 Å². The lowest BCUT2D eigenvalue weighted by molar-refractivity contribution is -0.888. The Morgan fingerprint density at radius 3 is 2.52 bits per heavy atom. The molecule has 152 valence electrons. The second kappa shape index (κ2) is 6.95. The Kier molecular flexibility index (Phi) is 4.39. The maximum atomic E-state index is 6.73. The minimum Gasteiger partial charge on any atom is -0.497 e. The summed E-state index contributed by atoms with van der Waals surface area (Å²) in [5.41, 5.74) is 2.99. The fourth-order valence-corrected chi connectivity index (χ4v) is 4.79. The normalized spacial score (nSPS) is 27.7. The monoisotopic (exact) mass is 394 g/mol. The van der Waals surface area contributed by atoms with E-state index in [1.165, 1.54) is 0 Å². The molecule has 5 rings (SSSR count). The molecule has 1 spiro atoms. The quantitative estimate of drug-likeness (QED) is 0.868.